The number of carbonyl (C=O) groups is 1. The Labute approximate surface area is 97.3 Å². The van der Waals surface area contributed by atoms with Crippen LogP contribution in [0.5, 0.6) is 0 Å². The van der Waals surface area contributed by atoms with Gasteiger partial charge in [-0.2, -0.15) is 0 Å². The standard InChI is InChI=1S/C14H19NO/c1-11-4-3-5-13(10-11)12(2)15-8-6-14(16)7-9-15/h3-5,10,12H,6-9H2,1-2H3. The smallest absolute Gasteiger partial charge is 0.135 e. The molecule has 1 atom stereocenters. The predicted octanol–water partition coefficient (Wildman–Crippen LogP) is 2.72. The zero-order valence-corrected chi connectivity index (χ0v) is 10.1. The number of nitrogens with zero attached hydrogens (tertiary/aromatic N) is 1. The molecule has 0 bridgehead atoms. The lowest BCUT2D eigenvalue weighted by molar-refractivity contribution is -0.121. The molecule has 1 aliphatic rings. The minimum absolute atomic E-state index is 0.410. The molecule has 86 valence electrons. The number of piperidine rings is 1. The Morgan fingerprint density at radius 3 is 2.56 bits per heavy atom. The molecule has 1 fully saturated rings. The van der Waals surface area contributed by atoms with Gasteiger partial charge in [-0.25, -0.2) is 0 Å². The quantitative estimate of drug-likeness (QED) is 0.759. The van der Waals surface area contributed by atoms with Crippen LogP contribution in [-0.4, -0.2) is 23.8 Å². The number of Topliss-reactive ketones (excluding diaryl/α,β-unsaturated/α-hetero) is 1. The maximum absolute atomic E-state index is 11.2. The number of aryl methyl sites for hydroxylation is 1. The molecular formula is C14H19NO. The summed E-state index contributed by atoms with van der Waals surface area (Å²) in [5, 5.41) is 0. The number of carbonyl (C=O) groups excluding carboxylic acids is 1. The number of rotatable bonds is 2. The van der Waals surface area contributed by atoms with Gasteiger partial charge >= 0.3 is 0 Å². The van der Waals surface area contributed by atoms with E-state index in [1.165, 1.54) is 11.1 Å². The molecule has 1 aromatic carbocycles. The van der Waals surface area contributed by atoms with Crippen LogP contribution >= 0.6 is 0 Å². The van der Waals surface area contributed by atoms with E-state index >= 15 is 0 Å². The molecule has 0 N–H and O–H groups in total. The zero-order valence-electron chi connectivity index (χ0n) is 10.1. The predicted molar refractivity (Wildman–Crippen MR) is 65.4 cm³/mol. The highest BCUT2D eigenvalue weighted by atomic mass is 16.1. The Hall–Kier alpha value is -1.15. The van der Waals surface area contributed by atoms with E-state index in [4.69, 9.17) is 0 Å². The minimum Gasteiger partial charge on any atom is -0.300 e. The molecule has 1 saturated heterocycles. The van der Waals surface area contributed by atoms with E-state index in [2.05, 4.69) is 43.0 Å². The van der Waals surface area contributed by atoms with Crippen molar-refractivity contribution in [3.63, 3.8) is 0 Å². The summed E-state index contributed by atoms with van der Waals surface area (Å²) in [6.45, 7) is 6.17. The number of hydrogen-bond donors (Lipinski definition) is 0. The zero-order chi connectivity index (χ0) is 11.5. The highest BCUT2D eigenvalue weighted by Crippen LogP contribution is 2.23. The van der Waals surface area contributed by atoms with E-state index in [1.807, 2.05) is 0 Å². The third-order valence-electron chi connectivity index (χ3n) is 3.43. The van der Waals surface area contributed by atoms with E-state index in [0.29, 0.717) is 11.8 Å². The first kappa shape index (κ1) is 11.3. The summed E-state index contributed by atoms with van der Waals surface area (Å²) in [6.07, 6.45) is 1.44. The van der Waals surface area contributed by atoms with Gasteiger partial charge in [0.1, 0.15) is 5.78 Å². The van der Waals surface area contributed by atoms with Gasteiger partial charge in [0, 0.05) is 32.0 Å². The summed E-state index contributed by atoms with van der Waals surface area (Å²) in [6, 6.07) is 9.06. The van der Waals surface area contributed by atoms with Crippen molar-refractivity contribution in [2.75, 3.05) is 13.1 Å². The molecular weight excluding hydrogens is 198 g/mol. The Bertz CT molecular complexity index is 376. The summed E-state index contributed by atoms with van der Waals surface area (Å²) in [4.78, 5) is 13.6. The maximum atomic E-state index is 11.2. The molecule has 2 rings (SSSR count). The summed E-state index contributed by atoms with van der Waals surface area (Å²) >= 11 is 0. The molecule has 1 aromatic rings. The van der Waals surface area contributed by atoms with E-state index in [-0.39, 0.29) is 0 Å². The van der Waals surface area contributed by atoms with Gasteiger partial charge in [0.05, 0.1) is 0 Å². The fraction of sp³-hybridized carbons (Fsp3) is 0.500. The molecule has 1 unspecified atom stereocenters. The molecule has 0 spiro atoms. The first-order chi connectivity index (χ1) is 7.66. The summed E-state index contributed by atoms with van der Waals surface area (Å²) < 4.78 is 0. The second-order valence-electron chi connectivity index (χ2n) is 4.66. The molecule has 2 heteroatoms. The fourth-order valence-corrected chi connectivity index (χ4v) is 2.30. The SMILES string of the molecule is Cc1cccc(C(C)N2CCC(=O)CC2)c1. The summed E-state index contributed by atoms with van der Waals surface area (Å²) in [7, 11) is 0. The molecule has 0 aliphatic carbocycles. The number of ketones is 1. The van der Waals surface area contributed by atoms with Gasteiger partial charge in [0.25, 0.3) is 0 Å². The van der Waals surface area contributed by atoms with Crippen molar-refractivity contribution in [1.82, 2.24) is 4.90 Å². The topological polar surface area (TPSA) is 20.3 Å². The normalized spacial score (nSPS) is 19.8. The van der Waals surface area contributed by atoms with Crippen molar-refractivity contribution in [1.29, 1.82) is 0 Å². The Morgan fingerprint density at radius 1 is 1.25 bits per heavy atom. The van der Waals surface area contributed by atoms with Crippen molar-refractivity contribution in [2.24, 2.45) is 0 Å². The van der Waals surface area contributed by atoms with E-state index in [0.717, 1.165) is 25.9 Å². The van der Waals surface area contributed by atoms with Crippen molar-refractivity contribution < 1.29 is 4.79 Å². The minimum atomic E-state index is 0.410. The van der Waals surface area contributed by atoms with Gasteiger partial charge in [-0.3, -0.25) is 9.69 Å². The second-order valence-corrected chi connectivity index (χ2v) is 4.66. The van der Waals surface area contributed by atoms with E-state index in [1.54, 1.807) is 0 Å². The van der Waals surface area contributed by atoms with Gasteiger partial charge in [-0.05, 0) is 19.4 Å². The van der Waals surface area contributed by atoms with Gasteiger partial charge in [-0.1, -0.05) is 29.8 Å². The van der Waals surface area contributed by atoms with Crippen molar-refractivity contribution in [3.05, 3.63) is 35.4 Å². The van der Waals surface area contributed by atoms with Crippen LogP contribution < -0.4 is 0 Å². The van der Waals surface area contributed by atoms with Crippen molar-refractivity contribution >= 4 is 5.78 Å². The number of likely N-dealkylation sites (tertiary alicyclic amines) is 1. The molecule has 0 amide bonds. The largest absolute Gasteiger partial charge is 0.300 e. The Morgan fingerprint density at radius 2 is 1.94 bits per heavy atom. The van der Waals surface area contributed by atoms with Crippen LogP contribution in [0.1, 0.15) is 36.9 Å². The maximum Gasteiger partial charge on any atom is 0.135 e. The first-order valence-electron chi connectivity index (χ1n) is 5.99. The van der Waals surface area contributed by atoms with Crippen molar-refractivity contribution in [3.8, 4) is 0 Å². The summed E-state index contributed by atoms with van der Waals surface area (Å²) in [5.41, 5.74) is 2.66. The van der Waals surface area contributed by atoms with E-state index < -0.39 is 0 Å². The Kier molecular flexibility index (Phi) is 3.39. The van der Waals surface area contributed by atoms with Gasteiger partial charge in [0.2, 0.25) is 0 Å². The van der Waals surface area contributed by atoms with Crippen LogP contribution in [-0.2, 0) is 4.79 Å². The third kappa shape index (κ3) is 2.50. The molecule has 1 heterocycles. The highest BCUT2D eigenvalue weighted by Gasteiger charge is 2.21. The Balaban J connectivity index is 2.07. The lowest BCUT2D eigenvalue weighted by atomic mass is 10.0. The van der Waals surface area contributed by atoms with Gasteiger partial charge in [-0.15, -0.1) is 0 Å². The highest BCUT2D eigenvalue weighted by molar-refractivity contribution is 5.79. The van der Waals surface area contributed by atoms with Crippen LogP contribution in [0.4, 0.5) is 0 Å². The summed E-state index contributed by atoms with van der Waals surface area (Å²) in [5.74, 6) is 0.410. The third-order valence-corrected chi connectivity index (χ3v) is 3.43. The van der Waals surface area contributed by atoms with Crippen LogP contribution in [0.2, 0.25) is 0 Å². The average Bonchev–Trinajstić information content (AvgIpc) is 2.29. The molecule has 0 saturated carbocycles. The molecule has 0 radical (unpaired) electrons. The first-order valence-corrected chi connectivity index (χ1v) is 5.99. The second kappa shape index (κ2) is 4.79. The molecule has 2 nitrogen and oxygen atoms in total. The van der Waals surface area contributed by atoms with Gasteiger partial charge < -0.3 is 0 Å². The van der Waals surface area contributed by atoms with Crippen molar-refractivity contribution in [2.45, 2.75) is 32.7 Å². The molecule has 0 aromatic heterocycles. The van der Waals surface area contributed by atoms with Crippen LogP contribution in [0.15, 0.2) is 24.3 Å². The van der Waals surface area contributed by atoms with Crippen LogP contribution in [0.25, 0.3) is 0 Å². The fourth-order valence-electron chi connectivity index (χ4n) is 2.30. The molecule has 16 heavy (non-hydrogen) atoms. The lowest BCUT2D eigenvalue weighted by Gasteiger charge is -2.32. The van der Waals surface area contributed by atoms with Crippen LogP contribution in [0.3, 0.4) is 0 Å². The molecule has 1 aliphatic heterocycles. The monoisotopic (exact) mass is 217 g/mol. The van der Waals surface area contributed by atoms with Crippen LogP contribution in [0, 0.1) is 6.92 Å². The average molecular weight is 217 g/mol. The lowest BCUT2D eigenvalue weighted by Crippen LogP contribution is -2.35. The number of hydrogen-bond acceptors (Lipinski definition) is 2. The van der Waals surface area contributed by atoms with Gasteiger partial charge in [0.15, 0.2) is 0 Å². The number of benzene rings is 1. The van der Waals surface area contributed by atoms with E-state index in [9.17, 15) is 4.79 Å².